The first kappa shape index (κ1) is 17.9. The van der Waals surface area contributed by atoms with Crippen LogP contribution in [0.15, 0.2) is 30.3 Å². The van der Waals surface area contributed by atoms with Gasteiger partial charge in [0.25, 0.3) is 10.1 Å². The molecule has 0 atom stereocenters. The molecule has 3 rings (SSSR count). The molecule has 24 heavy (non-hydrogen) atoms. The number of hydrogen-bond donors (Lipinski definition) is 0. The van der Waals surface area contributed by atoms with Crippen molar-refractivity contribution in [1.82, 2.24) is 9.80 Å². The van der Waals surface area contributed by atoms with E-state index in [1.54, 1.807) is 0 Å². The van der Waals surface area contributed by atoms with E-state index in [2.05, 4.69) is 34.1 Å². The van der Waals surface area contributed by atoms with Crippen LogP contribution < -0.4 is 0 Å². The Hall–Kier alpha value is -0.950. The zero-order valence-corrected chi connectivity index (χ0v) is 15.3. The SMILES string of the molecule is CS(=O)(=O)OCC1(N2CCN(Cc3ccccc3)CC2)CCCC1. The summed E-state index contributed by atoms with van der Waals surface area (Å²) in [5.41, 5.74) is 1.27. The second kappa shape index (κ2) is 7.52. The molecule has 1 heterocycles. The second-order valence-corrected chi connectivity index (χ2v) is 8.79. The highest BCUT2D eigenvalue weighted by atomic mass is 32.2. The first-order valence-electron chi connectivity index (χ1n) is 8.83. The van der Waals surface area contributed by atoms with Crippen molar-refractivity contribution in [3.63, 3.8) is 0 Å². The lowest BCUT2D eigenvalue weighted by Crippen LogP contribution is -2.58. The van der Waals surface area contributed by atoms with E-state index in [0.717, 1.165) is 64.7 Å². The third kappa shape index (κ3) is 4.57. The maximum Gasteiger partial charge on any atom is 0.264 e. The standard InChI is InChI=1S/C18H28N2O3S/c1-24(21,22)23-16-18(9-5-6-10-18)20-13-11-19(12-14-20)15-17-7-3-2-4-8-17/h2-4,7-8H,5-6,9-16H2,1H3. The smallest absolute Gasteiger partial charge is 0.264 e. The maximum atomic E-state index is 11.4. The van der Waals surface area contributed by atoms with Crippen LogP contribution in [0.2, 0.25) is 0 Å². The third-order valence-corrected chi connectivity index (χ3v) is 5.91. The van der Waals surface area contributed by atoms with Crippen LogP contribution in [0, 0.1) is 0 Å². The van der Waals surface area contributed by atoms with E-state index in [4.69, 9.17) is 4.18 Å². The van der Waals surface area contributed by atoms with Crippen LogP contribution in [0.25, 0.3) is 0 Å². The molecule has 5 nitrogen and oxygen atoms in total. The summed E-state index contributed by atoms with van der Waals surface area (Å²) in [6.45, 7) is 5.32. The molecule has 1 saturated carbocycles. The van der Waals surface area contributed by atoms with Crippen LogP contribution in [0.5, 0.6) is 0 Å². The molecule has 0 unspecified atom stereocenters. The molecule has 1 saturated heterocycles. The van der Waals surface area contributed by atoms with Gasteiger partial charge >= 0.3 is 0 Å². The number of benzene rings is 1. The van der Waals surface area contributed by atoms with E-state index < -0.39 is 10.1 Å². The quantitative estimate of drug-likeness (QED) is 0.734. The normalized spacial score (nSPS) is 22.7. The van der Waals surface area contributed by atoms with Crippen molar-refractivity contribution < 1.29 is 12.6 Å². The molecule has 1 aliphatic carbocycles. The third-order valence-electron chi connectivity index (χ3n) is 5.37. The van der Waals surface area contributed by atoms with Gasteiger partial charge in [-0.1, -0.05) is 43.2 Å². The summed E-state index contributed by atoms with van der Waals surface area (Å²) < 4.78 is 28.0. The van der Waals surface area contributed by atoms with Gasteiger partial charge in [0.2, 0.25) is 0 Å². The van der Waals surface area contributed by atoms with E-state index in [1.165, 1.54) is 5.56 Å². The van der Waals surface area contributed by atoms with Crippen LogP contribution in [-0.4, -0.2) is 62.8 Å². The lowest BCUT2D eigenvalue weighted by Gasteiger charge is -2.45. The predicted molar refractivity (Wildman–Crippen MR) is 95.3 cm³/mol. The Morgan fingerprint density at radius 1 is 1.04 bits per heavy atom. The molecular weight excluding hydrogens is 324 g/mol. The van der Waals surface area contributed by atoms with Gasteiger partial charge in [-0.15, -0.1) is 0 Å². The minimum absolute atomic E-state index is 0.0814. The van der Waals surface area contributed by atoms with Gasteiger partial charge in [-0.2, -0.15) is 8.42 Å². The van der Waals surface area contributed by atoms with Crippen LogP contribution in [0.4, 0.5) is 0 Å². The molecular formula is C18H28N2O3S. The van der Waals surface area contributed by atoms with Crippen molar-refractivity contribution in [3.8, 4) is 0 Å². The molecule has 134 valence electrons. The summed E-state index contributed by atoms with van der Waals surface area (Å²) in [6.07, 6.45) is 5.56. The highest BCUT2D eigenvalue weighted by molar-refractivity contribution is 7.85. The lowest BCUT2D eigenvalue weighted by molar-refractivity contribution is 0.00508. The van der Waals surface area contributed by atoms with Gasteiger partial charge < -0.3 is 0 Å². The van der Waals surface area contributed by atoms with Crippen molar-refractivity contribution in [1.29, 1.82) is 0 Å². The van der Waals surface area contributed by atoms with Gasteiger partial charge in [0, 0.05) is 38.3 Å². The Bertz CT molecular complexity index is 619. The van der Waals surface area contributed by atoms with Crippen molar-refractivity contribution in [3.05, 3.63) is 35.9 Å². The van der Waals surface area contributed by atoms with E-state index in [0.29, 0.717) is 6.61 Å². The van der Waals surface area contributed by atoms with Crippen LogP contribution in [0.3, 0.4) is 0 Å². The molecule has 0 aromatic heterocycles. The van der Waals surface area contributed by atoms with E-state index in [-0.39, 0.29) is 5.54 Å². The molecule has 2 fully saturated rings. The molecule has 0 radical (unpaired) electrons. The summed E-state index contributed by atoms with van der Waals surface area (Å²) in [5, 5.41) is 0. The predicted octanol–water partition coefficient (Wildman–Crippen LogP) is 2.09. The van der Waals surface area contributed by atoms with Crippen molar-refractivity contribution >= 4 is 10.1 Å². The fraction of sp³-hybridized carbons (Fsp3) is 0.667. The van der Waals surface area contributed by atoms with Gasteiger partial charge in [-0.25, -0.2) is 0 Å². The van der Waals surface area contributed by atoms with Gasteiger partial charge in [0.05, 0.1) is 12.9 Å². The second-order valence-electron chi connectivity index (χ2n) is 7.15. The summed E-state index contributed by atoms with van der Waals surface area (Å²) >= 11 is 0. The summed E-state index contributed by atoms with van der Waals surface area (Å²) in [5.74, 6) is 0. The van der Waals surface area contributed by atoms with Gasteiger partial charge in [-0.05, 0) is 18.4 Å². The zero-order chi connectivity index (χ0) is 17.0. The maximum absolute atomic E-state index is 11.4. The van der Waals surface area contributed by atoms with Gasteiger partial charge in [-0.3, -0.25) is 14.0 Å². The molecule has 0 N–H and O–H groups in total. The van der Waals surface area contributed by atoms with Crippen molar-refractivity contribution in [2.24, 2.45) is 0 Å². The zero-order valence-electron chi connectivity index (χ0n) is 14.5. The summed E-state index contributed by atoms with van der Waals surface area (Å²) in [6, 6.07) is 10.6. The molecule has 0 amide bonds. The van der Waals surface area contributed by atoms with E-state index in [1.807, 2.05) is 6.07 Å². The molecule has 0 bridgehead atoms. The Morgan fingerprint density at radius 2 is 1.67 bits per heavy atom. The molecule has 6 heteroatoms. The minimum atomic E-state index is -3.38. The first-order valence-corrected chi connectivity index (χ1v) is 10.6. The van der Waals surface area contributed by atoms with Crippen molar-refractivity contribution in [2.45, 2.75) is 37.8 Å². The number of rotatable bonds is 6. The summed E-state index contributed by atoms with van der Waals surface area (Å²) in [7, 11) is -3.38. The average Bonchev–Trinajstić information content (AvgIpc) is 3.04. The number of hydrogen-bond acceptors (Lipinski definition) is 5. The summed E-state index contributed by atoms with van der Waals surface area (Å²) in [4.78, 5) is 4.96. The van der Waals surface area contributed by atoms with E-state index >= 15 is 0 Å². The van der Waals surface area contributed by atoms with Gasteiger partial charge in [0.15, 0.2) is 0 Å². The Kier molecular flexibility index (Phi) is 5.59. The molecule has 2 aliphatic rings. The largest absolute Gasteiger partial charge is 0.297 e. The fourth-order valence-electron chi connectivity index (χ4n) is 4.02. The average molecular weight is 353 g/mol. The topological polar surface area (TPSA) is 49.9 Å². The Morgan fingerprint density at radius 3 is 2.25 bits per heavy atom. The van der Waals surface area contributed by atoms with Crippen LogP contribution >= 0.6 is 0 Å². The monoisotopic (exact) mass is 352 g/mol. The van der Waals surface area contributed by atoms with Crippen molar-refractivity contribution in [2.75, 3.05) is 39.0 Å². The first-order chi connectivity index (χ1) is 11.5. The van der Waals surface area contributed by atoms with Crippen LogP contribution in [0.1, 0.15) is 31.2 Å². The molecule has 1 aromatic rings. The lowest BCUT2D eigenvalue weighted by atomic mass is 9.95. The molecule has 1 aromatic carbocycles. The highest BCUT2D eigenvalue weighted by Crippen LogP contribution is 2.36. The van der Waals surface area contributed by atoms with Crippen LogP contribution in [-0.2, 0) is 20.8 Å². The Balaban J connectivity index is 1.57. The number of nitrogens with zero attached hydrogens (tertiary/aromatic N) is 2. The number of piperazine rings is 1. The molecule has 1 aliphatic heterocycles. The Labute approximate surface area is 145 Å². The van der Waals surface area contributed by atoms with E-state index in [9.17, 15) is 8.42 Å². The van der Waals surface area contributed by atoms with Gasteiger partial charge in [0.1, 0.15) is 0 Å². The highest BCUT2D eigenvalue weighted by Gasteiger charge is 2.41. The molecule has 0 spiro atoms. The fourth-order valence-corrected chi connectivity index (χ4v) is 4.46. The minimum Gasteiger partial charge on any atom is -0.297 e.